The molecule has 0 N–H and O–H groups in total. The number of hydrogen-bond acceptors (Lipinski definition) is 3. The fourth-order valence-electron chi connectivity index (χ4n) is 7.23. The van der Waals surface area contributed by atoms with Gasteiger partial charge in [-0.15, -0.1) is 0 Å². The first kappa shape index (κ1) is 26.5. The van der Waals surface area contributed by atoms with Gasteiger partial charge in [0.1, 0.15) is 0 Å². The maximum Gasteiger partial charge on any atom is 0.164 e. The van der Waals surface area contributed by atoms with E-state index in [9.17, 15) is 0 Å². The van der Waals surface area contributed by atoms with Crippen molar-refractivity contribution in [3.8, 4) is 51.0 Å². The summed E-state index contributed by atoms with van der Waals surface area (Å²) < 4.78 is 2.43. The van der Waals surface area contributed by atoms with Crippen molar-refractivity contribution in [1.29, 1.82) is 0 Å². The van der Waals surface area contributed by atoms with Crippen LogP contribution in [0.5, 0.6) is 0 Å². The first-order chi connectivity index (χ1) is 22.6. The molecule has 1 aliphatic rings. The number of rotatable bonds is 4. The lowest BCUT2D eigenvalue weighted by Crippen LogP contribution is -2.14. The van der Waals surface area contributed by atoms with E-state index < -0.39 is 0 Å². The van der Waals surface area contributed by atoms with Gasteiger partial charge in [0, 0.05) is 38.4 Å². The van der Waals surface area contributed by atoms with Crippen LogP contribution in [0.1, 0.15) is 25.0 Å². The molecule has 6 aromatic carbocycles. The second kappa shape index (κ2) is 10.1. The third kappa shape index (κ3) is 3.97. The lowest BCUT2D eigenvalue weighted by molar-refractivity contribution is 0.660. The minimum absolute atomic E-state index is 0.0849. The molecule has 0 spiro atoms. The van der Waals surface area contributed by atoms with Crippen molar-refractivity contribution >= 4 is 21.8 Å². The molecule has 9 rings (SSSR count). The largest absolute Gasteiger partial charge is 0.309 e. The highest BCUT2D eigenvalue weighted by Crippen LogP contribution is 2.51. The number of fused-ring (bicyclic) bond motifs is 6. The Balaban J connectivity index is 1.32. The van der Waals surface area contributed by atoms with Gasteiger partial charge in [-0.25, -0.2) is 15.0 Å². The number of nitrogens with zero attached hydrogens (tertiary/aromatic N) is 4. The van der Waals surface area contributed by atoms with Crippen LogP contribution >= 0.6 is 0 Å². The topological polar surface area (TPSA) is 43.6 Å². The second-order valence-corrected chi connectivity index (χ2v) is 12.5. The second-order valence-electron chi connectivity index (χ2n) is 12.5. The zero-order valence-corrected chi connectivity index (χ0v) is 25.6. The van der Waals surface area contributed by atoms with Crippen LogP contribution in [-0.4, -0.2) is 19.5 Å². The first-order valence-electron chi connectivity index (χ1n) is 15.7. The van der Waals surface area contributed by atoms with Gasteiger partial charge in [-0.05, 0) is 34.9 Å². The van der Waals surface area contributed by atoms with Crippen molar-refractivity contribution in [2.75, 3.05) is 0 Å². The summed E-state index contributed by atoms with van der Waals surface area (Å²) in [5.74, 6) is 1.96. The monoisotopic (exact) mass is 590 g/mol. The van der Waals surface area contributed by atoms with Crippen LogP contribution in [0, 0.1) is 0 Å². The Labute approximate surface area is 267 Å². The molecule has 46 heavy (non-hydrogen) atoms. The molecule has 0 amide bonds. The lowest BCUT2D eigenvalue weighted by atomic mass is 9.82. The molecule has 0 fully saturated rings. The summed E-state index contributed by atoms with van der Waals surface area (Å²) in [5, 5.41) is 2.42. The summed E-state index contributed by atoms with van der Waals surface area (Å²) in [6, 6.07) is 51.2. The highest BCUT2D eigenvalue weighted by Gasteiger charge is 2.37. The van der Waals surface area contributed by atoms with Gasteiger partial charge in [0.25, 0.3) is 0 Å². The van der Waals surface area contributed by atoms with Gasteiger partial charge in [-0.3, -0.25) is 0 Å². The summed E-state index contributed by atoms with van der Waals surface area (Å²) in [7, 11) is 0. The highest BCUT2D eigenvalue weighted by molar-refractivity contribution is 6.11. The molecule has 2 heterocycles. The first-order valence-corrected chi connectivity index (χ1v) is 15.7. The summed E-state index contributed by atoms with van der Waals surface area (Å²) in [4.78, 5) is 15.0. The van der Waals surface area contributed by atoms with Crippen molar-refractivity contribution in [3.05, 3.63) is 157 Å². The summed E-state index contributed by atoms with van der Waals surface area (Å²) in [5.41, 5.74) is 11.6. The zero-order valence-electron chi connectivity index (χ0n) is 25.6. The molecule has 0 aliphatic heterocycles. The van der Waals surface area contributed by atoms with Crippen LogP contribution in [-0.2, 0) is 5.41 Å². The van der Waals surface area contributed by atoms with Gasteiger partial charge >= 0.3 is 0 Å². The van der Waals surface area contributed by atoms with Gasteiger partial charge in [0.05, 0.1) is 16.7 Å². The average molecular weight is 591 g/mol. The van der Waals surface area contributed by atoms with Crippen LogP contribution in [0.25, 0.3) is 72.8 Å². The summed E-state index contributed by atoms with van der Waals surface area (Å²) in [6.07, 6.45) is 0. The minimum Gasteiger partial charge on any atom is -0.309 e. The standard InChI is InChI=1S/C42H30N4/c1-42(2)33-20-11-9-19-32(33)38-34(42)21-13-23-36(38)46-35-22-12-10-18-30(35)31-25-24-29(26-37(31)46)41-44-39(27-14-5-3-6-15-27)43-40(45-41)28-16-7-4-8-17-28/h3-26H,1-2H3. The van der Waals surface area contributed by atoms with E-state index in [1.165, 1.54) is 44.2 Å². The molecule has 0 saturated carbocycles. The Kier molecular flexibility index (Phi) is 5.81. The average Bonchev–Trinajstić information content (AvgIpc) is 3.57. The molecule has 0 bridgehead atoms. The van der Waals surface area contributed by atoms with Crippen LogP contribution < -0.4 is 0 Å². The molecule has 0 atom stereocenters. The quantitative estimate of drug-likeness (QED) is 0.205. The van der Waals surface area contributed by atoms with E-state index in [2.05, 4.69) is 103 Å². The zero-order chi connectivity index (χ0) is 30.8. The number of para-hydroxylation sites is 1. The molecule has 4 heteroatoms. The summed E-state index contributed by atoms with van der Waals surface area (Å²) >= 11 is 0. The van der Waals surface area contributed by atoms with E-state index in [-0.39, 0.29) is 5.41 Å². The van der Waals surface area contributed by atoms with Crippen molar-refractivity contribution < 1.29 is 0 Å². The van der Waals surface area contributed by atoms with Gasteiger partial charge in [-0.2, -0.15) is 0 Å². The lowest BCUT2D eigenvalue weighted by Gasteiger charge is -2.22. The Bertz CT molecular complexity index is 2380. The highest BCUT2D eigenvalue weighted by atomic mass is 15.0. The maximum atomic E-state index is 5.04. The molecule has 218 valence electrons. The molecular formula is C42H30N4. The molecule has 4 nitrogen and oxygen atoms in total. The van der Waals surface area contributed by atoms with Crippen LogP contribution in [0.2, 0.25) is 0 Å². The summed E-state index contributed by atoms with van der Waals surface area (Å²) in [6.45, 7) is 4.67. The Morgan fingerprint density at radius 2 is 1.02 bits per heavy atom. The van der Waals surface area contributed by atoms with E-state index in [0.29, 0.717) is 17.5 Å². The Hall–Kier alpha value is -5.87. The number of aromatic nitrogens is 4. The molecule has 0 unspecified atom stereocenters. The van der Waals surface area contributed by atoms with E-state index in [1.807, 2.05) is 60.7 Å². The normalized spacial score (nSPS) is 13.2. The molecule has 8 aromatic rings. The van der Waals surface area contributed by atoms with Gasteiger partial charge < -0.3 is 4.57 Å². The number of hydrogen-bond donors (Lipinski definition) is 0. The van der Waals surface area contributed by atoms with Crippen LogP contribution in [0.4, 0.5) is 0 Å². The van der Waals surface area contributed by atoms with Crippen molar-refractivity contribution in [3.63, 3.8) is 0 Å². The minimum atomic E-state index is -0.0849. The third-order valence-corrected chi connectivity index (χ3v) is 9.46. The molecule has 1 aliphatic carbocycles. The fourth-order valence-corrected chi connectivity index (χ4v) is 7.23. The van der Waals surface area contributed by atoms with Gasteiger partial charge in [0.15, 0.2) is 17.5 Å². The SMILES string of the molecule is CC1(C)c2ccccc2-c2c(-n3c4ccccc4c4ccc(-c5nc(-c6ccccc6)nc(-c6ccccc6)n5)cc43)cccc21. The van der Waals surface area contributed by atoms with Crippen molar-refractivity contribution in [2.24, 2.45) is 0 Å². The maximum absolute atomic E-state index is 5.04. The van der Waals surface area contributed by atoms with Gasteiger partial charge in [0.2, 0.25) is 0 Å². The Morgan fingerprint density at radius 3 is 1.74 bits per heavy atom. The van der Waals surface area contributed by atoms with E-state index in [1.54, 1.807) is 0 Å². The van der Waals surface area contributed by atoms with E-state index in [0.717, 1.165) is 22.2 Å². The molecule has 2 aromatic heterocycles. The smallest absolute Gasteiger partial charge is 0.164 e. The number of benzene rings is 6. The van der Waals surface area contributed by atoms with Gasteiger partial charge in [-0.1, -0.05) is 141 Å². The molecule has 0 radical (unpaired) electrons. The fraction of sp³-hybridized carbons (Fsp3) is 0.0714. The molecule has 0 saturated heterocycles. The van der Waals surface area contributed by atoms with E-state index >= 15 is 0 Å². The predicted molar refractivity (Wildman–Crippen MR) is 188 cm³/mol. The third-order valence-electron chi connectivity index (χ3n) is 9.46. The van der Waals surface area contributed by atoms with E-state index in [4.69, 9.17) is 15.0 Å². The predicted octanol–water partition coefficient (Wildman–Crippen LogP) is 10.3. The van der Waals surface area contributed by atoms with Crippen molar-refractivity contribution in [2.45, 2.75) is 19.3 Å². The molecular weight excluding hydrogens is 560 g/mol. The van der Waals surface area contributed by atoms with Crippen LogP contribution in [0.3, 0.4) is 0 Å². The van der Waals surface area contributed by atoms with Crippen molar-refractivity contribution in [1.82, 2.24) is 19.5 Å². The Morgan fingerprint density at radius 1 is 0.457 bits per heavy atom. The van der Waals surface area contributed by atoms with Crippen LogP contribution in [0.15, 0.2) is 146 Å².